The molecular weight excluding hydrogens is 212 g/mol. The molecule has 1 atom stereocenters. The number of aliphatic hydroxyl groups is 1. The molecule has 0 fully saturated rings. The van der Waals surface area contributed by atoms with Crippen molar-refractivity contribution >= 4 is 0 Å². The molecule has 0 bridgehead atoms. The van der Waals surface area contributed by atoms with Crippen molar-refractivity contribution in [2.24, 2.45) is 0 Å². The van der Waals surface area contributed by atoms with Crippen LogP contribution in [0.2, 0.25) is 0 Å². The molecule has 0 saturated heterocycles. The van der Waals surface area contributed by atoms with Gasteiger partial charge < -0.3 is 9.84 Å². The van der Waals surface area contributed by atoms with Gasteiger partial charge in [0, 0.05) is 0 Å². The Morgan fingerprint density at radius 2 is 1.88 bits per heavy atom. The summed E-state index contributed by atoms with van der Waals surface area (Å²) in [7, 11) is 1.70. The van der Waals surface area contributed by atoms with Gasteiger partial charge in [0.2, 0.25) is 0 Å². The van der Waals surface area contributed by atoms with E-state index in [-0.39, 0.29) is 11.5 Å². The summed E-state index contributed by atoms with van der Waals surface area (Å²) in [6.45, 7) is 10.4. The molecule has 0 saturated carbocycles. The molecule has 0 aliphatic rings. The Hall–Kier alpha value is -1.02. The van der Waals surface area contributed by atoms with Crippen LogP contribution in [-0.4, -0.2) is 18.3 Å². The maximum Gasteiger partial charge on any atom is 0.122 e. The fourth-order valence-corrected chi connectivity index (χ4v) is 2.02. The van der Waals surface area contributed by atoms with Crippen LogP contribution in [0, 0.1) is 6.92 Å². The third-order valence-electron chi connectivity index (χ3n) is 2.98. The first kappa shape index (κ1) is 14.0. The minimum absolute atomic E-state index is 0.0689. The summed E-state index contributed by atoms with van der Waals surface area (Å²) in [5.74, 6) is 0.916. The van der Waals surface area contributed by atoms with Crippen LogP contribution in [0.25, 0.3) is 0 Å². The summed E-state index contributed by atoms with van der Waals surface area (Å²) in [5.41, 5.74) is 3.66. The summed E-state index contributed by atoms with van der Waals surface area (Å²) < 4.78 is 5.47. The lowest BCUT2D eigenvalue weighted by Crippen LogP contribution is -2.14. The van der Waals surface area contributed by atoms with Crippen molar-refractivity contribution in [1.29, 1.82) is 0 Å². The number of aryl methyl sites for hydroxylation is 1. The number of benzene rings is 1. The third-order valence-corrected chi connectivity index (χ3v) is 2.98. The predicted octanol–water partition coefficient (Wildman–Crippen LogP) is 3.22. The summed E-state index contributed by atoms with van der Waals surface area (Å²) in [4.78, 5) is 0. The topological polar surface area (TPSA) is 29.5 Å². The Bertz CT molecular complexity index is 387. The van der Waals surface area contributed by atoms with Gasteiger partial charge in [-0.15, -0.1) is 0 Å². The van der Waals surface area contributed by atoms with Crippen LogP contribution in [0.3, 0.4) is 0 Å². The highest BCUT2D eigenvalue weighted by Crippen LogP contribution is 2.33. The maximum atomic E-state index is 9.48. The van der Waals surface area contributed by atoms with Gasteiger partial charge in [0.15, 0.2) is 0 Å². The number of hydrogen-bond acceptors (Lipinski definition) is 2. The van der Waals surface area contributed by atoms with Gasteiger partial charge in [0.1, 0.15) is 5.75 Å². The van der Waals surface area contributed by atoms with Crippen LogP contribution in [0.4, 0.5) is 0 Å². The number of methoxy groups -OCH3 is 1. The molecule has 1 N–H and O–H groups in total. The van der Waals surface area contributed by atoms with Crippen LogP contribution in [-0.2, 0) is 11.8 Å². The summed E-state index contributed by atoms with van der Waals surface area (Å²) in [5, 5.41) is 9.48. The average molecular weight is 236 g/mol. The third kappa shape index (κ3) is 3.47. The standard InChI is InChI=1S/C15H24O2/c1-10-7-13(15(3,4)5)14(17-6)9-12(10)8-11(2)16/h7,9,11,16H,8H2,1-6H3. The lowest BCUT2D eigenvalue weighted by atomic mass is 9.84. The number of hydrogen-bond donors (Lipinski definition) is 1. The van der Waals surface area contributed by atoms with Crippen LogP contribution in [0.1, 0.15) is 44.4 Å². The molecule has 1 aromatic carbocycles. The van der Waals surface area contributed by atoms with Crippen LogP contribution in [0.15, 0.2) is 12.1 Å². The van der Waals surface area contributed by atoms with E-state index in [2.05, 4.69) is 39.8 Å². The Morgan fingerprint density at radius 3 is 2.29 bits per heavy atom. The van der Waals surface area contributed by atoms with E-state index < -0.39 is 0 Å². The first-order valence-electron chi connectivity index (χ1n) is 6.11. The zero-order valence-electron chi connectivity index (χ0n) is 11.8. The zero-order chi connectivity index (χ0) is 13.2. The molecule has 1 unspecified atom stereocenters. The maximum absolute atomic E-state index is 9.48. The normalized spacial score (nSPS) is 13.6. The van der Waals surface area contributed by atoms with E-state index in [1.54, 1.807) is 7.11 Å². The minimum Gasteiger partial charge on any atom is -0.496 e. The monoisotopic (exact) mass is 236 g/mol. The number of rotatable bonds is 3. The van der Waals surface area contributed by atoms with Crippen LogP contribution < -0.4 is 4.74 Å². The Labute approximate surface area is 105 Å². The molecule has 0 radical (unpaired) electrons. The molecular formula is C15H24O2. The fourth-order valence-electron chi connectivity index (χ4n) is 2.02. The zero-order valence-corrected chi connectivity index (χ0v) is 11.8. The lowest BCUT2D eigenvalue weighted by Gasteiger charge is -2.24. The van der Waals surface area contributed by atoms with Gasteiger partial charge in [-0.1, -0.05) is 26.8 Å². The van der Waals surface area contributed by atoms with E-state index in [1.165, 1.54) is 11.1 Å². The first-order valence-corrected chi connectivity index (χ1v) is 6.11. The molecule has 1 rings (SSSR count). The average Bonchev–Trinajstić information content (AvgIpc) is 2.18. The quantitative estimate of drug-likeness (QED) is 0.873. The second-order valence-electron chi connectivity index (χ2n) is 5.78. The molecule has 0 aliphatic carbocycles. The van der Waals surface area contributed by atoms with E-state index in [0.717, 1.165) is 11.3 Å². The second kappa shape index (κ2) is 5.09. The van der Waals surface area contributed by atoms with Crippen molar-refractivity contribution in [2.45, 2.75) is 52.6 Å². The molecule has 17 heavy (non-hydrogen) atoms. The highest BCUT2D eigenvalue weighted by molar-refractivity contribution is 5.45. The van der Waals surface area contributed by atoms with Gasteiger partial charge in [-0.3, -0.25) is 0 Å². The van der Waals surface area contributed by atoms with E-state index in [1.807, 2.05) is 6.92 Å². The Morgan fingerprint density at radius 1 is 1.29 bits per heavy atom. The minimum atomic E-state index is -0.320. The molecule has 2 nitrogen and oxygen atoms in total. The van der Waals surface area contributed by atoms with Gasteiger partial charge in [-0.25, -0.2) is 0 Å². The van der Waals surface area contributed by atoms with Crippen molar-refractivity contribution in [3.63, 3.8) is 0 Å². The largest absolute Gasteiger partial charge is 0.496 e. The lowest BCUT2D eigenvalue weighted by molar-refractivity contribution is 0.195. The van der Waals surface area contributed by atoms with Crippen LogP contribution in [0.5, 0.6) is 5.75 Å². The molecule has 0 heterocycles. The molecule has 1 aromatic rings. The van der Waals surface area contributed by atoms with Gasteiger partial charge in [0.25, 0.3) is 0 Å². The second-order valence-corrected chi connectivity index (χ2v) is 5.78. The molecule has 0 aliphatic heterocycles. The predicted molar refractivity (Wildman–Crippen MR) is 71.8 cm³/mol. The number of ether oxygens (including phenoxy) is 1. The smallest absolute Gasteiger partial charge is 0.122 e. The summed E-state index contributed by atoms with van der Waals surface area (Å²) in [6, 6.07) is 4.24. The van der Waals surface area contributed by atoms with Gasteiger partial charge in [0.05, 0.1) is 13.2 Å². The summed E-state index contributed by atoms with van der Waals surface area (Å²) >= 11 is 0. The van der Waals surface area contributed by atoms with Crippen molar-refractivity contribution < 1.29 is 9.84 Å². The van der Waals surface area contributed by atoms with Crippen molar-refractivity contribution in [2.75, 3.05) is 7.11 Å². The molecule has 96 valence electrons. The van der Waals surface area contributed by atoms with Crippen molar-refractivity contribution in [3.8, 4) is 5.75 Å². The SMILES string of the molecule is COc1cc(CC(C)O)c(C)cc1C(C)(C)C. The molecule has 2 heteroatoms. The Kier molecular flexibility index (Phi) is 4.21. The first-order chi connectivity index (χ1) is 7.75. The van der Waals surface area contributed by atoms with E-state index in [4.69, 9.17) is 4.74 Å². The fraction of sp³-hybridized carbons (Fsp3) is 0.600. The Balaban J connectivity index is 3.25. The molecule has 0 amide bonds. The van der Waals surface area contributed by atoms with Crippen LogP contribution >= 0.6 is 0 Å². The summed E-state index contributed by atoms with van der Waals surface area (Å²) in [6.07, 6.45) is 0.353. The highest BCUT2D eigenvalue weighted by atomic mass is 16.5. The van der Waals surface area contributed by atoms with Gasteiger partial charge in [-0.2, -0.15) is 0 Å². The van der Waals surface area contributed by atoms with Gasteiger partial charge >= 0.3 is 0 Å². The van der Waals surface area contributed by atoms with E-state index in [9.17, 15) is 5.11 Å². The molecule has 0 spiro atoms. The van der Waals surface area contributed by atoms with E-state index in [0.29, 0.717) is 6.42 Å². The molecule has 0 aromatic heterocycles. The van der Waals surface area contributed by atoms with Crippen molar-refractivity contribution in [3.05, 3.63) is 28.8 Å². The van der Waals surface area contributed by atoms with E-state index >= 15 is 0 Å². The number of aliphatic hydroxyl groups excluding tert-OH is 1. The van der Waals surface area contributed by atoms with Gasteiger partial charge in [-0.05, 0) is 48.4 Å². The van der Waals surface area contributed by atoms with Crippen molar-refractivity contribution in [1.82, 2.24) is 0 Å². The highest BCUT2D eigenvalue weighted by Gasteiger charge is 2.20.